The van der Waals surface area contributed by atoms with E-state index in [4.69, 9.17) is 26.1 Å². The first-order valence-corrected chi connectivity index (χ1v) is 14.9. The Hall–Kier alpha value is -4.70. The second-order valence-electron chi connectivity index (χ2n) is 11.0. The minimum atomic E-state index is -0.523. The molecule has 2 aliphatic rings. The summed E-state index contributed by atoms with van der Waals surface area (Å²) in [6.07, 6.45) is 5.06. The summed E-state index contributed by atoms with van der Waals surface area (Å²) in [6, 6.07) is 16.5. The smallest absolute Gasteiger partial charge is 0.410 e. The van der Waals surface area contributed by atoms with Crippen molar-refractivity contribution in [2.45, 2.75) is 51.3 Å². The van der Waals surface area contributed by atoms with E-state index >= 15 is 0 Å². The summed E-state index contributed by atoms with van der Waals surface area (Å²) in [6.45, 7) is 2.24. The molecule has 0 spiro atoms. The van der Waals surface area contributed by atoms with Crippen molar-refractivity contribution in [3.63, 3.8) is 0 Å². The second-order valence-corrected chi connectivity index (χ2v) is 11.4. The number of rotatable bonds is 7. The molecule has 4 aromatic rings. The van der Waals surface area contributed by atoms with Gasteiger partial charge in [0.05, 0.1) is 30.4 Å². The molecule has 1 saturated heterocycles. The molecule has 226 valence electrons. The lowest BCUT2D eigenvalue weighted by Crippen LogP contribution is -2.38. The van der Waals surface area contributed by atoms with Crippen LogP contribution in [0.5, 0.6) is 5.88 Å². The van der Waals surface area contributed by atoms with Crippen molar-refractivity contribution in [1.29, 1.82) is 0 Å². The maximum atomic E-state index is 13.0. The molecule has 10 nitrogen and oxygen atoms in total. The second kappa shape index (κ2) is 12.1. The first-order valence-electron chi connectivity index (χ1n) is 14.5. The number of fused-ring (bicyclic) bond motifs is 1. The van der Waals surface area contributed by atoms with Crippen LogP contribution in [0.1, 0.15) is 47.2 Å². The fraction of sp³-hybridized carbons (Fsp3) is 0.303. The maximum Gasteiger partial charge on any atom is 0.410 e. The number of amides is 2. The SMILES string of the molecule is COc1nc(-c2cccc(-c3cccc(NC(=O)c4ccnn(C)c4=O)c3C)c2Cl)ccc1CN1C(=O)O[C@H]2CCCC[C@H]21. The van der Waals surface area contributed by atoms with E-state index in [1.165, 1.54) is 19.3 Å². The van der Waals surface area contributed by atoms with E-state index in [-0.39, 0.29) is 23.8 Å². The van der Waals surface area contributed by atoms with Gasteiger partial charge in [-0.25, -0.2) is 14.5 Å². The summed E-state index contributed by atoms with van der Waals surface area (Å²) in [5.74, 6) is -0.107. The molecule has 0 radical (unpaired) electrons. The number of carbonyl (C=O) groups excluding carboxylic acids is 2. The number of aryl methyl sites for hydroxylation is 1. The number of anilines is 1. The van der Waals surface area contributed by atoms with E-state index in [9.17, 15) is 14.4 Å². The van der Waals surface area contributed by atoms with Gasteiger partial charge >= 0.3 is 6.09 Å². The number of aromatic nitrogens is 3. The molecular formula is C33H32ClN5O5. The Kier molecular flexibility index (Phi) is 8.09. The summed E-state index contributed by atoms with van der Waals surface area (Å²) in [5, 5.41) is 7.21. The van der Waals surface area contributed by atoms with Crippen LogP contribution in [-0.2, 0) is 18.3 Å². The topological polar surface area (TPSA) is 116 Å². The minimum absolute atomic E-state index is 0.00372. The average Bonchev–Trinajstić information content (AvgIpc) is 3.34. The van der Waals surface area contributed by atoms with Crippen LogP contribution < -0.4 is 15.6 Å². The number of carbonyl (C=O) groups is 2. The predicted octanol–water partition coefficient (Wildman–Crippen LogP) is 6.00. The molecule has 0 unspecified atom stereocenters. The first-order chi connectivity index (χ1) is 21.3. The number of nitrogens with zero attached hydrogens (tertiary/aromatic N) is 4. The molecule has 1 saturated carbocycles. The van der Waals surface area contributed by atoms with Gasteiger partial charge < -0.3 is 14.8 Å². The van der Waals surface area contributed by atoms with Crippen LogP contribution in [0.15, 0.2) is 65.6 Å². The summed E-state index contributed by atoms with van der Waals surface area (Å²) in [4.78, 5) is 44.6. The molecule has 2 aromatic heterocycles. The molecule has 6 rings (SSSR count). The highest BCUT2D eigenvalue weighted by molar-refractivity contribution is 6.36. The van der Waals surface area contributed by atoms with Crippen molar-refractivity contribution in [3.8, 4) is 28.3 Å². The lowest BCUT2D eigenvalue weighted by molar-refractivity contribution is 0.102. The Balaban J connectivity index is 1.28. The highest BCUT2D eigenvalue weighted by atomic mass is 35.5. The number of halogens is 1. The monoisotopic (exact) mass is 613 g/mol. The predicted molar refractivity (Wildman–Crippen MR) is 167 cm³/mol. The Bertz CT molecular complexity index is 1820. The quantitative estimate of drug-likeness (QED) is 0.272. The highest BCUT2D eigenvalue weighted by Crippen LogP contribution is 2.40. The number of benzene rings is 2. The highest BCUT2D eigenvalue weighted by Gasteiger charge is 2.43. The lowest BCUT2D eigenvalue weighted by atomic mass is 9.92. The third kappa shape index (κ3) is 5.41. The van der Waals surface area contributed by atoms with Crippen molar-refractivity contribution in [1.82, 2.24) is 19.7 Å². The molecule has 2 fully saturated rings. The molecular weight excluding hydrogens is 582 g/mol. The van der Waals surface area contributed by atoms with Crippen LogP contribution in [0.25, 0.3) is 22.4 Å². The number of hydrogen-bond acceptors (Lipinski definition) is 7. The molecule has 1 N–H and O–H groups in total. The number of pyridine rings is 1. The third-order valence-electron chi connectivity index (χ3n) is 8.42. The summed E-state index contributed by atoms with van der Waals surface area (Å²) in [7, 11) is 3.05. The van der Waals surface area contributed by atoms with Crippen LogP contribution in [0.4, 0.5) is 10.5 Å². The summed E-state index contributed by atoms with van der Waals surface area (Å²) >= 11 is 7.02. The zero-order valence-corrected chi connectivity index (χ0v) is 25.4. The van der Waals surface area contributed by atoms with Crippen molar-refractivity contribution in [2.24, 2.45) is 7.05 Å². The third-order valence-corrected chi connectivity index (χ3v) is 8.83. The lowest BCUT2D eigenvalue weighted by Gasteiger charge is -2.28. The van der Waals surface area contributed by atoms with Crippen LogP contribution >= 0.6 is 11.6 Å². The Morgan fingerprint density at radius 3 is 2.61 bits per heavy atom. The van der Waals surface area contributed by atoms with Gasteiger partial charge in [0, 0.05) is 35.6 Å². The Morgan fingerprint density at radius 1 is 1.05 bits per heavy atom. The van der Waals surface area contributed by atoms with Gasteiger partial charge in [-0.3, -0.25) is 14.5 Å². The maximum absolute atomic E-state index is 13.0. The standard InChI is InChI=1S/C33H32ClN5O5/c1-19-21(8-7-11-25(19)36-30(40)24-16-17-35-38(2)32(24)41)22-9-6-10-23(29(22)34)26-15-14-20(31(37-26)43-3)18-39-27-12-4-5-13-28(27)44-33(39)42/h6-11,14-17,27-28H,4-5,12-13,18H2,1-3H3,(H,36,40)/t27-,28+/m1/s1. The van der Waals surface area contributed by atoms with Gasteiger partial charge in [0.2, 0.25) is 5.88 Å². The first kappa shape index (κ1) is 29.4. The molecule has 2 atom stereocenters. The molecule has 3 heterocycles. The normalized spacial score (nSPS) is 17.6. The fourth-order valence-electron chi connectivity index (χ4n) is 6.05. The van der Waals surface area contributed by atoms with Crippen LogP contribution in [0.3, 0.4) is 0 Å². The Morgan fingerprint density at radius 2 is 1.80 bits per heavy atom. The summed E-state index contributed by atoms with van der Waals surface area (Å²) < 4.78 is 12.4. The van der Waals surface area contributed by atoms with Gasteiger partial charge in [-0.2, -0.15) is 5.10 Å². The zero-order valence-electron chi connectivity index (χ0n) is 24.7. The molecule has 0 bridgehead atoms. The number of methoxy groups -OCH3 is 1. The van der Waals surface area contributed by atoms with Crippen LogP contribution in [0, 0.1) is 6.92 Å². The van der Waals surface area contributed by atoms with Gasteiger partial charge in [0.15, 0.2) is 0 Å². The largest absolute Gasteiger partial charge is 0.481 e. The van der Waals surface area contributed by atoms with Crippen LogP contribution in [-0.4, -0.2) is 50.9 Å². The van der Waals surface area contributed by atoms with E-state index in [0.29, 0.717) is 34.4 Å². The van der Waals surface area contributed by atoms with Crippen molar-refractivity contribution in [3.05, 3.63) is 92.9 Å². The average molecular weight is 614 g/mol. The van der Waals surface area contributed by atoms with E-state index in [1.807, 2.05) is 49.4 Å². The van der Waals surface area contributed by atoms with Gasteiger partial charge in [-0.1, -0.05) is 48.4 Å². The molecule has 44 heavy (non-hydrogen) atoms. The number of nitrogens with one attached hydrogen (secondary N) is 1. The van der Waals surface area contributed by atoms with E-state index in [2.05, 4.69) is 10.4 Å². The summed E-state index contributed by atoms with van der Waals surface area (Å²) in [5.41, 5.74) is 4.53. The Labute approximate surface area is 259 Å². The van der Waals surface area contributed by atoms with E-state index in [0.717, 1.165) is 52.6 Å². The van der Waals surface area contributed by atoms with E-state index < -0.39 is 11.5 Å². The molecule has 1 aliphatic heterocycles. The van der Waals surface area contributed by atoms with Gasteiger partial charge in [0.25, 0.3) is 11.5 Å². The van der Waals surface area contributed by atoms with Gasteiger partial charge in [-0.05, 0) is 61.6 Å². The molecule has 11 heteroatoms. The fourth-order valence-corrected chi connectivity index (χ4v) is 6.38. The molecule has 2 aromatic carbocycles. The minimum Gasteiger partial charge on any atom is -0.481 e. The van der Waals surface area contributed by atoms with Gasteiger partial charge in [0.1, 0.15) is 11.7 Å². The zero-order chi connectivity index (χ0) is 31.0. The number of ether oxygens (including phenoxy) is 2. The van der Waals surface area contributed by atoms with Crippen molar-refractivity contribution < 1.29 is 19.1 Å². The van der Waals surface area contributed by atoms with Crippen LogP contribution in [0.2, 0.25) is 5.02 Å². The van der Waals surface area contributed by atoms with E-state index in [1.54, 1.807) is 18.1 Å². The number of hydrogen-bond donors (Lipinski definition) is 1. The van der Waals surface area contributed by atoms with Crippen molar-refractivity contribution >= 4 is 29.3 Å². The molecule has 2 amide bonds. The van der Waals surface area contributed by atoms with Gasteiger partial charge in [-0.15, -0.1) is 0 Å². The molecule has 1 aliphatic carbocycles. The van der Waals surface area contributed by atoms with Crippen molar-refractivity contribution in [2.75, 3.05) is 12.4 Å².